The highest BCUT2D eigenvalue weighted by Crippen LogP contribution is 2.33. The van der Waals surface area contributed by atoms with Crippen molar-refractivity contribution in [2.75, 3.05) is 0 Å². The lowest BCUT2D eigenvalue weighted by Crippen LogP contribution is -2.11. The number of nitrogens with zero attached hydrogens (tertiary/aromatic N) is 1. The molecule has 1 aromatic heterocycles. The second-order valence-corrected chi connectivity index (χ2v) is 6.64. The number of oxazole rings is 1. The van der Waals surface area contributed by atoms with Crippen LogP contribution in [0.2, 0.25) is 0 Å². The summed E-state index contributed by atoms with van der Waals surface area (Å²) in [5.74, 6) is 1.25. The maximum atomic E-state index is 11.4. The van der Waals surface area contributed by atoms with E-state index in [1.807, 2.05) is 37.3 Å². The van der Waals surface area contributed by atoms with Gasteiger partial charge in [0.05, 0.1) is 4.90 Å². The van der Waals surface area contributed by atoms with Crippen LogP contribution in [0.25, 0.3) is 22.6 Å². The lowest BCUT2D eigenvalue weighted by molar-refractivity contribution is 0.514. The van der Waals surface area contributed by atoms with E-state index in [2.05, 4.69) is 4.98 Å². The molecule has 0 saturated carbocycles. The highest BCUT2D eigenvalue weighted by Gasteiger charge is 2.17. The summed E-state index contributed by atoms with van der Waals surface area (Å²) in [5, 5.41) is 5.13. The number of rotatable bonds is 4. The molecule has 0 amide bonds. The van der Waals surface area contributed by atoms with Crippen LogP contribution in [0.5, 0.6) is 0 Å². The summed E-state index contributed by atoms with van der Waals surface area (Å²) >= 11 is 0. The topological polar surface area (TPSA) is 86.2 Å². The van der Waals surface area contributed by atoms with Crippen LogP contribution in [0.4, 0.5) is 0 Å². The van der Waals surface area contributed by atoms with Gasteiger partial charge in [-0.3, -0.25) is 0 Å². The Morgan fingerprint density at radius 1 is 1.00 bits per heavy atom. The predicted molar refractivity (Wildman–Crippen MR) is 88.1 cm³/mol. The van der Waals surface area contributed by atoms with Crippen LogP contribution in [0.15, 0.2) is 63.9 Å². The quantitative estimate of drug-likeness (QED) is 0.796. The number of hydrogen-bond donors (Lipinski definition) is 1. The van der Waals surface area contributed by atoms with Crippen molar-refractivity contribution >= 4 is 10.0 Å². The molecule has 2 aromatic carbocycles. The number of primary sulfonamides is 1. The third-order valence-electron chi connectivity index (χ3n) is 3.47. The van der Waals surface area contributed by atoms with Crippen LogP contribution in [0.3, 0.4) is 0 Å². The van der Waals surface area contributed by atoms with Gasteiger partial charge < -0.3 is 4.42 Å². The standard InChI is InChI=1S/C17H16N2O3S/c1-2-15-19-16(12-6-4-3-5-7-12)17(22-15)13-8-10-14(11-9-13)23(18,20)21/h3-11H,2H2,1H3,(H2,18,20,21). The molecule has 0 spiro atoms. The van der Waals surface area contributed by atoms with Gasteiger partial charge in [-0.2, -0.15) is 0 Å². The van der Waals surface area contributed by atoms with Crippen molar-refractivity contribution in [1.82, 2.24) is 4.98 Å². The summed E-state index contributed by atoms with van der Waals surface area (Å²) in [6.07, 6.45) is 0.676. The Morgan fingerprint density at radius 2 is 1.65 bits per heavy atom. The lowest BCUT2D eigenvalue weighted by Gasteiger charge is -2.03. The number of sulfonamides is 1. The maximum Gasteiger partial charge on any atom is 0.238 e. The SMILES string of the molecule is CCc1nc(-c2ccccc2)c(-c2ccc(S(N)(=O)=O)cc2)o1. The molecule has 2 N–H and O–H groups in total. The molecule has 0 bridgehead atoms. The fourth-order valence-electron chi connectivity index (χ4n) is 2.30. The zero-order valence-electron chi connectivity index (χ0n) is 12.6. The molecule has 0 unspecified atom stereocenters. The molecule has 5 nitrogen and oxygen atoms in total. The molecule has 0 radical (unpaired) electrons. The molecule has 0 aliphatic carbocycles. The third kappa shape index (κ3) is 3.18. The van der Waals surface area contributed by atoms with Gasteiger partial charge in [-0.15, -0.1) is 0 Å². The average molecular weight is 328 g/mol. The molecular weight excluding hydrogens is 312 g/mol. The van der Waals surface area contributed by atoms with E-state index < -0.39 is 10.0 Å². The molecule has 0 fully saturated rings. The van der Waals surface area contributed by atoms with Gasteiger partial charge in [-0.25, -0.2) is 18.5 Å². The minimum absolute atomic E-state index is 0.0674. The Kier molecular flexibility index (Phi) is 4.02. The number of benzene rings is 2. The first-order chi connectivity index (χ1) is 11.0. The predicted octanol–water partition coefficient (Wildman–Crippen LogP) is 3.22. The maximum absolute atomic E-state index is 11.4. The minimum Gasteiger partial charge on any atom is -0.440 e. The van der Waals surface area contributed by atoms with E-state index in [1.54, 1.807) is 12.1 Å². The van der Waals surface area contributed by atoms with Crippen molar-refractivity contribution in [1.29, 1.82) is 0 Å². The highest BCUT2D eigenvalue weighted by molar-refractivity contribution is 7.89. The Bertz CT molecular complexity index is 914. The van der Waals surface area contributed by atoms with E-state index in [0.717, 1.165) is 16.8 Å². The van der Waals surface area contributed by atoms with Crippen molar-refractivity contribution in [3.63, 3.8) is 0 Å². The summed E-state index contributed by atoms with van der Waals surface area (Å²) in [4.78, 5) is 4.60. The van der Waals surface area contributed by atoms with Gasteiger partial charge in [0.1, 0.15) is 5.69 Å². The minimum atomic E-state index is -3.71. The molecule has 6 heteroatoms. The largest absolute Gasteiger partial charge is 0.440 e. The second kappa shape index (κ2) is 5.98. The van der Waals surface area contributed by atoms with Crippen molar-refractivity contribution in [2.45, 2.75) is 18.2 Å². The van der Waals surface area contributed by atoms with Crippen LogP contribution < -0.4 is 5.14 Å². The van der Waals surface area contributed by atoms with E-state index in [-0.39, 0.29) is 4.90 Å². The van der Waals surface area contributed by atoms with Crippen LogP contribution in [0.1, 0.15) is 12.8 Å². The van der Waals surface area contributed by atoms with E-state index in [0.29, 0.717) is 18.1 Å². The van der Waals surface area contributed by atoms with Gasteiger partial charge >= 0.3 is 0 Å². The van der Waals surface area contributed by atoms with Gasteiger partial charge in [0, 0.05) is 17.5 Å². The molecule has 1 heterocycles. The Labute approximate surface area is 134 Å². The monoisotopic (exact) mass is 328 g/mol. The Hall–Kier alpha value is -2.44. The van der Waals surface area contributed by atoms with Gasteiger partial charge in [0.15, 0.2) is 11.7 Å². The third-order valence-corrected chi connectivity index (χ3v) is 4.40. The summed E-state index contributed by atoms with van der Waals surface area (Å²) in [6.45, 7) is 1.97. The van der Waals surface area contributed by atoms with Crippen LogP contribution in [0, 0.1) is 0 Å². The van der Waals surface area contributed by atoms with E-state index in [9.17, 15) is 8.42 Å². The molecule has 0 aliphatic heterocycles. The van der Waals surface area contributed by atoms with Crippen molar-refractivity contribution in [3.05, 3.63) is 60.5 Å². The molecule has 0 atom stereocenters. The zero-order chi connectivity index (χ0) is 16.4. The summed E-state index contributed by atoms with van der Waals surface area (Å²) in [7, 11) is -3.71. The summed E-state index contributed by atoms with van der Waals surface area (Å²) < 4.78 is 28.6. The van der Waals surface area contributed by atoms with Crippen LogP contribution in [-0.2, 0) is 16.4 Å². The van der Waals surface area contributed by atoms with Gasteiger partial charge in [0.2, 0.25) is 10.0 Å². The average Bonchev–Trinajstić information content (AvgIpc) is 2.99. The van der Waals surface area contributed by atoms with E-state index >= 15 is 0 Å². The van der Waals surface area contributed by atoms with Gasteiger partial charge in [-0.1, -0.05) is 37.3 Å². The van der Waals surface area contributed by atoms with Crippen LogP contribution >= 0.6 is 0 Å². The van der Waals surface area contributed by atoms with E-state index in [1.165, 1.54) is 12.1 Å². The fourth-order valence-corrected chi connectivity index (χ4v) is 2.81. The number of aryl methyl sites for hydroxylation is 1. The van der Waals surface area contributed by atoms with Gasteiger partial charge in [-0.05, 0) is 24.3 Å². The van der Waals surface area contributed by atoms with Crippen molar-refractivity contribution < 1.29 is 12.8 Å². The summed E-state index contributed by atoms with van der Waals surface area (Å²) in [6, 6.07) is 16.0. The van der Waals surface area contributed by atoms with Gasteiger partial charge in [0.25, 0.3) is 0 Å². The first kappa shape index (κ1) is 15.5. The fraction of sp³-hybridized carbons (Fsp3) is 0.118. The molecule has 3 aromatic rings. The first-order valence-corrected chi connectivity index (χ1v) is 8.72. The smallest absolute Gasteiger partial charge is 0.238 e. The second-order valence-electron chi connectivity index (χ2n) is 5.07. The molecule has 3 rings (SSSR count). The Morgan fingerprint density at radius 3 is 2.22 bits per heavy atom. The molecule has 0 saturated heterocycles. The zero-order valence-corrected chi connectivity index (χ0v) is 13.4. The van der Waals surface area contributed by atoms with Crippen molar-refractivity contribution in [2.24, 2.45) is 5.14 Å². The van der Waals surface area contributed by atoms with Crippen molar-refractivity contribution in [3.8, 4) is 22.6 Å². The number of hydrogen-bond acceptors (Lipinski definition) is 4. The first-order valence-electron chi connectivity index (χ1n) is 7.17. The van der Waals surface area contributed by atoms with E-state index in [4.69, 9.17) is 9.56 Å². The normalized spacial score (nSPS) is 11.6. The molecular formula is C17H16N2O3S. The summed E-state index contributed by atoms with van der Waals surface area (Å²) in [5.41, 5.74) is 2.44. The highest BCUT2D eigenvalue weighted by atomic mass is 32.2. The molecule has 0 aliphatic rings. The molecule has 23 heavy (non-hydrogen) atoms. The number of nitrogens with two attached hydrogens (primary N) is 1. The lowest BCUT2D eigenvalue weighted by atomic mass is 10.1. The van der Waals surface area contributed by atoms with Crippen LogP contribution in [-0.4, -0.2) is 13.4 Å². The number of aromatic nitrogens is 1. The molecule has 118 valence electrons. The Balaban J connectivity index is 2.11.